The molecule has 0 aromatic heterocycles. The molecule has 0 aromatic rings. The van der Waals surface area contributed by atoms with E-state index in [1.54, 1.807) is 12.2 Å². The molecule has 8 atom stereocenters. The first-order chi connectivity index (χ1) is 12.6. The Morgan fingerprint density at radius 3 is 2.74 bits per heavy atom. The first kappa shape index (κ1) is 19.4. The Morgan fingerprint density at radius 1 is 1.37 bits per heavy atom. The third-order valence-electron chi connectivity index (χ3n) is 8.61. The summed E-state index contributed by atoms with van der Waals surface area (Å²) in [6, 6.07) is 0. The van der Waals surface area contributed by atoms with Crippen LogP contribution in [0.2, 0.25) is 0 Å². The van der Waals surface area contributed by atoms with E-state index < -0.39 is 23.4 Å². The van der Waals surface area contributed by atoms with Gasteiger partial charge in [-0.3, -0.25) is 9.59 Å². The molecule has 4 aliphatic carbocycles. The number of allylic oxidation sites excluding steroid dienone is 4. The molecular formula is C22H29ClO4. The number of aliphatic hydroxyl groups is 2. The molecule has 4 aliphatic rings. The number of halogens is 1. The van der Waals surface area contributed by atoms with Crippen molar-refractivity contribution in [2.75, 3.05) is 6.61 Å². The monoisotopic (exact) mass is 392 g/mol. The molecule has 0 aliphatic heterocycles. The molecule has 0 spiro atoms. The standard InChI is InChI=1S/C22H29ClO4/c1-12-8-16-15-5-4-13-9-14(25)6-7-20(13,2)19(15)17(23)10-21(16,3)22(12,27)18(26)11-24/h6-7,9,12,15-17,19,24,27H,4-5,8,10-11H2,1-3H3/t12?,15-,16-,17?,19+,20-,21-,22-/m0/s1. The van der Waals surface area contributed by atoms with E-state index in [9.17, 15) is 19.8 Å². The normalized spacial score (nSPS) is 51.3. The van der Waals surface area contributed by atoms with Gasteiger partial charge in [0.05, 0.1) is 0 Å². The summed E-state index contributed by atoms with van der Waals surface area (Å²) in [4.78, 5) is 24.5. The number of hydrogen-bond donors (Lipinski definition) is 2. The average Bonchev–Trinajstić information content (AvgIpc) is 2.82. The summed E-state index contributed by atoms with van der Waals surface area (Å²) in [5.41, 5.74) is -1.24. The molecule has 2 unspecified atom stereocenters. The summed E-state index contributed by atoms with van der Waals surface area (Å²) in [5.74, 6) is 0.00756. The zero-order valence-electron chi connectivity index (χ0n) is 16.2. The van der Waals surface area contributed by atoms with Crippen LogP contribution in [-0.4, -0.2) is 39.4 Å². The van der Waals surface area contributed by atoms with Crippen LogP contribution < -0.4 is 0 Å². The smallest absolute Gasteiger partial charge is 0.190 e. The van der Waals surface area contributed by atoms with Crippen molar-refractivity contribution in [2.45, 2.75) is 57.4 Å². The number of fused-ring (bicyclic) bond motifs is 5. The van der Waals surface area contributed by atoms with Crippen molar-refractivity contribution in [1.29, 1.82) is 0 Å². The van der Waals surface area contributed by atoms with E-state index in [0.717, 1.165) is 19.3 Å². The van der Waals surface area contributed by atoms with Gasteiger partial charge in [0.15, 0.2) is 11.6 Å². The minimum absolute atomic E-state index is 0.0464. The summed E-state index contributed by atoms with van der Waals surface area (Å²) >= 11 is 6.98. The fourth-order valence-electron chi connectivity index (χ4n) is 7.30. The SMILES string of the molecule is CC1C[C@H]2[C@@H]3CCC4=CC(=O)C=C[C@]4(C)[C@H]3C(Cl)C[C@]2(C)[C@@]1(O)C(=O)CO. The highest BCUT2D eigenvalue weighted by Crippen LogP contribution is 2.69. The zero-order chi connectivity index (χ0) is 19.8. The molecule has 0 bridgehead atoms. The highest BCUT2D eigenvalue weighted by Gasteiger charge is 2.70. The lowest BCUT2D eigenvalue weighted by Gasteiger charge is -2.59. The maximum atomic E-state index is 12.6. The molecule has 0 aromatic carbocycles. The number of rotatable bonds is 2. The largest absolute Gasteiger partial charge is 0.388 e. The van der Waals surface area contributed by atoms with E-state index in [4.69, 9.17) is 11.6 Å². The third kappa shape index (κ3) is 2.30. The van der Waals surface area contributed by atoms with Gasteiger partial charge in [-0.05, 0) is 61.5 Å². The molecule has 2 N–H and O–H groups in total. The number of ketones is 2. The summed E-state index contributed by atoms with van der Waals surface area (Å²) in [6.07, 6.45) is 8.54. The molecule has 27 heavy (non-hydrogen) atoms. The van der Waals surface area contributed by atoms with Crippen LogP contribution in [-0.2, 0) is 9.59 Å². The van der Waals surface area contributed by atoms with Gasteiger partial charge >= 0.3 is 0 Å². The molecule has 3 fully saturated rings. The Hall–Kier alpha value is -0.970. The van der Waals surface area contributed by atoms with Crippen molar-refractivity contribution in [3.8, 4) is 0 Å². The van der Waals surface area contributed by atoms with Crippen LogP contribution in [0.1, 0.15) is 46.5 Å². The minimum Gasteiger partial charge on any atom is -0.388 e. The topological polar surface area (TPSA) is 74.6 Å². The van der Waals surface area contributed by atoms with E-state index in [-0.39, 0.29) is 40.2 Å². The highest BCUT2D eigenvalue weighted by atomic mass is 35.5. The molecule has 0 amide bonds. The maximum Gasteiger partial charge on any atom is 0.190 e. The number of carbonyl (C=O) groups excluding carboxylic acids is 2. The van der Waals surface area contributed by atoms with Crippen molar-refractivity contribution in [3.05, 3.63) is 23.8 Å². The summed E-state index contributed by atoms with van der Waals surface area (Å²) in [7, 11) is 0. The molecule has 0 saturated heterocycles. The van der Waals surface area contributed by atoms with Crippen molar-refractivity contribution in [3.63, 3.8) is 0 Å². The summed E-state index contributed by atoms with van der Waals surface area (Å²) in [5, 5.41) is 20.8. The molecule has 4 nitrogen and oxygen atoms in total. The minimum atomic E-state index is -1.53. The molecule has 0 heterocycles. The third-order valence-corrected chi connectivity index (χ3v) is 9.03. The van der Waals surface area contributed by atoms with Crippen LogP contribution in [0.4, 0.5) is 0 Å². The van der Waals surface area contributed by atoms with E-state index in [1.807, 2.05) is 19.9 Å². The van der Waals surface area contributed by atoms with Gasteiger partial charge in [-0.1, -0.05) is 32.4 Å². The number of alkyl halides is 1. The predicted octanol–water partition coefficient (Wildman–Crippen LogP) is 3.05. The van der Waals surface area contributed by atoms with Gasteiger partial charge in [-0.2, -0.15) is 0 Å². The number of carbonyl (C=O) groups is 2. The van der Waals surface area contributed by atoms with E-state index in [0.29, 0.717) is 6.42 Å². The highest BCUT2D eigenvalue weighted by molar-refractivity contribution is 6.21. The zero-order valence-corrected chi connectivity index (χ0v) is 17.0. The molecule has 4 rings (SSSR count). The molecule has 3 saturated carbocycles. The van der Waals surface area contributed by atoms with Crippen LogP contribution in [0.5, 0.6) is 0 Å². The second kappa shape index (κ2) is 6.01. The fraction of sp³-hybridized carbons (Fsp3) is 0.727. The van der Waals surface area contributed by atoms with Gasteiger partial charge in [0.25, 0.3) is 0 Å². The Morgan fingerprint density at radius 2 is 2.07 bits per heavy atom. The molecule has 5 heteroatoms. The van der Waals surface area contributed by atoms with Gasteiger partial charge < -0.3 is 10.2 Å². The number of hydrogen-bond acceptors (Lipinski definition) is 4. The fourth-order valence-corrected chi connectivity index (χ4v) is 8.07. The second-order valence-electron chi connectivity index (χ2n) is 9.64. The van der Waals surface area contributed by atoms with Crippen LogP contribution in [0.15, 0.2) is 23.8 Å². The average molecular weight is 393 g/mol. The Kier molecular flexibility index (Phi) is 4.31. The van der Waals surface area contributed by atoms with Crippen molar-refractivity contribution >= 4 is 23.2 Å². The maximum absolute atomic E-state index is 12.6. The lowest BCUT2D eigenvalue weighted by molar-refractivity contribution is -0.168. The van der Waals surface area contributed by atoms with Crippen LogP contribution in [0.25, 0.3) is 0 Å². The van der Waals surface area contributed by atoms with Gasteiger partial charge in [0.2, 0.25) is 0 Å². The van der Waals surface area contributed by atoms with Gasteiger partial charge in [-0.25, -0.2) is 0 Å². The van der Waals surface area contributed by atoms with Crippen molar-refractivity contribution < 1.29 is 19.8 Å². The van der Waals surface area contributed by atoms with Gasteiger partial charge in [0, 0.05) is 16.2 Å². The van der Waals surface area contributed by atoms with Crippen LogP contribution in [0, 0.1) is 34.5 Å². The molecular weight excluding hydrogens is 364 g/mol. The number of Topliss-reactive ketones (excluding diaryl/α,β-unsaturated/α-hetero) is 1. The lowest BCUT2D eigenvalue weighted by Crippen LogP contribution is -2.62. The first-order valence-corrected chi connectivity index (χ1v) is 10.5. The van der Waals surface area contributed by atoms with Crippen molar-refractivity contribution in [1.82, 2.24) is 0 Å². The van der Waals surface area contributed by atoms with Crippen molar-refractivity contribution in [2.24, 2.45) is 34.5 Å². The summed E-state index contributed by atoms with van der Waals surface area (Å²) in [6.45, 7) is 5.46. The van der Waals surface area contributed by atoms with Gasteiger partial charge in [-0.15, -0.1) is 11.6 Å². The molecule has 148 valence electrons. The first-order valence-electron chi connectivity index (χ1n) is 10.0. The van der Waals surface area contributed by atoms with Crippen LogP contribution >= 0.6 is 11.6 Å². The Balaban J connectivity index is 1.78. The number of aliphatic hydroxyl groups excluding tert-OH is 1. The Labute approximate surface area is 165 Å². The van der Waals surface area contributed by atoms with E-state index in [2.05, 4.69) is 6.92 Å². The van der Waals surface area contributed by atoms with Gasteiger partial charge in [0.1, 0.15) is 12.2 Å². The second-order valence-corrected chi connectivity index (χ2v) is 10.2. The van der Waals surface area contributed by atoms with Crippen LogP contribution in [0.3, 0.4) is 0 Å². The van der Waals surface area contributed by atoms with E-state index in [1.165, 1.54) is 5.57 Å². The summed E-state index contributed by atoms with van der Waals surface area (Å²) < 4.78 is 0. The molecule has 0 radical (unpaired) electrons. The lowest BCUT2D eigenvalue weighted by atomic mass is 9.47. The van der Waals surface area contributed by atoms with E-state index >= 15 is 0 Å². The Bertz CT molecular complexity index is 757. The quantitative estimate of drug-likeness (QED) is 0.708. The predicted molar refractivity (Wildman–Crippen MR) is 103 cm³/mol.